The minimum absolute atomic E-state index is 0.0246. The summed E-state index contributed by atoms with van der Waals surface area (Å²) in [4.78, 5) is 0. The van der Waals surface area contributed by atoms with Gasteiger partial charge in [-0.25, -0.2) is 0 Å². The summed E-state index contributed by atoms with van der Waals surface area (Å²) in [5.41, 5.74) is 2.31. The summed E-state index contributed by atoms with van der Waals surface area (Å²) in [5, 5.41) is 0. The number of hydrogen-bond donors (Lipinski definition) is 0. The SMILES string of the molecule is C=CC[C@]12CC[C@H](OC3CCCCO3)CC1=CCC1C2CC[C@@]2(C)C1CC[C@@H]2OC1CCCCO1. The van der Waals surface area contributed by atoms with Crippen LogP contribution in [-0.2, 0) is 18.9 Å². The van der Waals surface area contributed by atoms with Crippen molar-refractivity contribution in [3.05, 3.63) is 24.3 Å². The number of ether oxygens (including phenoxy) is 4. The van der Waals surface area contributed by atoms with Crippen molar-refractivity contribution in [2.75, 3.05) is 13.2 Å². The Morgan fingerprint density at radius 1 is 0.914 bits per heavy atom. The van der Waals surface area contributed by atoms with E-state index >= 15 is 0 Å². The monoisotopic (exact) mass is 484 g/mol. The van der Waals surface area contributed by atoms with Crippen LogP contribution in [0.5, 0.6) is 0 Å². The summed E-state index contributed by atoms with van der Waals surface area (Å²) in [5.74, 6) is 2.35. The minimum Gasteiger partial charge on any atom is -0.353 e. The maximum Gasteiger partial charge on any atom is 0.157 e. The molecule has 9 atom stereocenters. The minimum atomic E-state index is 0.0246. The standard InChI is InChI=1S/C31H48O4/c1-3-16-31-18-14-23(34-28-8-4-6-19-32-28)21-22(31)10-11-24-25-12-13-27(30(25,2)17-15-26(24)31)35-29-9-5-7-20-33-29/h3,10,23-29H,1,4-9,11-21H2,2H3/t23-,24?,25?,26?,27-,28?,29?,30-,31-/m0/s1. The van der Waals surface area contributed by atoms with Crippen LogP contribution in [0.15, 0.2) is 24.3 Å². The van der Waals surface area contributed by atoms with Gasteiger partial charge in [-0.05, 0) is 125 Å². The van der Waals surface area contributed by atoms with Gasteiger partial charge in [0.1, 0.15) is 0 Å². The molecule has 6 rings (SSSR count). The lowest BCUT2D eigenvalue weighted by atomic mass is 9.46. The molecule has 0 spiro atoms. The van der Waals surface area contributed by atoms with Crippen molar-refractivity contribution in [1.29, 1.82) is 0 Å². The Bertz CT molecular complexity index is 781. The molecule has 4 heteroatoms. The molecule has 5 unspecified atom stereocenters. The summed E-state index contributed by atoms with van der Waals surface area (Å²) in [6, 6.07) is 0. The normalized spacial score (nSPS) is 47.8. The first kappa shape index (κ1) is 24.6. The van der Waals surface area contributed by atoms with Gasteiger partial charge in [-0.2, -0.15) is 0 Å². The zero-order valence-electron chi connectivity index (χ0n) is 22.1. The van der Waals surface area contributed by atoms with Gasteiger partial charge in [0, 0.05) is 13.2 Å². The molecular weight excluding hydrogens is 436 g/mol. The van der Waals surface area contributed by atoms with E-state index in [9.17, 15) is 0 Å². The number of allylic oxidation sites excluding steroid dienone is 2. The van der Waals surface area contributed by atoms with E-state index in [1.165, 1.54) is 70.6 Å². The Labute approximate surface area is 213 Å². The molecule has 196 valence electrons. The van der Waals surface area contributed by atoms with E-state index in [0.29, 0.717) is 23.0 Å². The first-order valence-corrected chi connectivity index (χ1v) is 15.0. The highest BCUT2D eigenvalue weighted by molar-refractivity contribution is 5.27. The van der Waals surface area contributed by atoms with Gasteiger partial charge < -0.3 is 18.9 Å². The van der Waals surface area contributed by atoms with Gasteiger partial charge in [-0.3, -0.25) is 0 Å². The third-order valence-electron chi connectivity index (χ3n) is 11.1. The third-order valence-corrected chi connectivity index (χ3v) is 11.1. The average Bonchev–Trinajstić information content (AvgIpc) is 3.21. The van der Waals surface area contributed by atoms with E-state index in [0.717, 1.165) is 56.7 Å². The van der Waals surface area contributed by atoms with E-state index in [1.54, 1.807) is 5.57 Å². The summed E-state index contributed by atoms with van der Waals surface area (Å²) >= 11 is 0. The fourth-order valence-electron chi connectivity index (χ4n) is 9.39. The van der Waals surface area contributed by atoms with Gasteiger partial charge in [-0.1, -0.05) is 24.6 Å². The van der Waals surface area contributed by atoms with Crippen molar-refractivity contribution < 1.29 is 18.9 Å². The van der Waals surface area contributed by atoms with E-state index < -0.39 is 0 Å². The number of hydrogen-bond acceptors (Lipinski definition) is 4. The Morgan fingerprint density at radius 3 is 2.40 bits per heavy atom. The molecule has 0 amide bonds. The summed E-state index contributed by atoms with van der Waals surface area (Å²) in [6.45, 7) is 8.53. The van der Waals surface area contributed by atoms with Crippen LogP contribution >= 0.6 is 0 Å². The van der Waals surface area contributed by atoms with Crippen LogP contribution in [0.1, 0.15) is 103 Å². The lowest BCUT2D eigenvalue weighted by Crippen LogP contribution is -2.53. The second kappa shape index (κ2) is 10.2. The molecule has 35 heavy (non-hydrogen) atoms. The molecule has 4 nitrogen and oxygen atoms in total. The van der Waals surface area contributed by atoms with Crippen molar-refractivity contribution in [2.24, 2.45) is 28.6 Å². The van der Waals surface area contributed by atoms with Crippen molar-refractivity contribution in [3.8, 4) is 0 Å². The Morgan fingerprint density at radius 2 is 1.69 bits per heavy atom. The van der Waals surface area contributed by atoms with Crippen LogP contribution in [0.25, 0.3) is 0 Å². The lowest BCUT2D eigenvalue weighted by Gasteiger charge is -2.59. The van der Waals surface area contributed by atoms with Gasteiger partial charge in [0.05, 0.1) is 12.2 Å². The Kier molecular flexibility index (Phi) is 7.21. The smallest absolute Gasteiger partial charge is 0.157 e. The van der Waals surface area contributed by atoms with Crippen LogP contribution in [-0.4, -0.2) is 38.0 Å². The molecule has 0 bridgehead atoms. The van der Waals surface area contributed by atoms with Gasteiger partial charge >= 0.3 is 0 Å². The molecule has 0 radical (unpaired) electrons. The average molecular weight is 485 g/mol. The highest BCUT2D eigenvalue weighted by Crippen LogP contribution is 2.66. The number of rotatable bonds is 6. The zero-order valence-corrected chi connectivity index (χ0v) is 22.1. The molecule has 0 aromatic heterocycles. The summed E-state index contributed by atoms with van der Waals surface area (Å²) in [7, 11) is 0. The van der Waals surface area contributed by atoms with E-state index in [1.807, 2.05) is 0 Å². The molecule has 5 fully saturated rings. The molecular formula is C31H48O4. The van der Waals surface area contributed by atoms with Crippen LogP contribution in [0.2, 0.25) is 0 Å². The molecule has 0 aromatic carbocycles. The van der Waals surface area contributed by atoms with Crippen LogP contribution in [0.3, 0.4) is 0 Å². The molecule has 3 saturated carbocycles. The summed E-state index contributed by atoms with van der Waals surface area (Å²) in [6.07, 6.45) is 23.7. The Hall–Kier alpha value is -0.680. The van der Waals surface area contributed by atoms with Crippen LogP contribution < -0.4 is 0 Å². The first-order chi connectivity index (χ1) is 17.1. The predicted molar refractivity (Wildman–Crippen MR) is 138 cm³/mol. The third kappa shape index (κ3) is 4.49. The van der Waals surface area contributed by atoms with Crippen molar-refractivity contribution in [1.82, 2.24) is 0 Å². The maximum atomic E-state index is 6.69. The highest BCUT2D eigenvalue weighted by atomic mass is 16.7. The second-order valence-electron chi connectivity index (χ2n) is 12.8. The van der Waals surface area contributed by atoms with Gasteiger partial charge in [0.15, 0.2) is 12.6 Å². The molecule has 6 aliphatic rings. The largest absolute Gasteiger partial charge is 0.353 e. The van der Waals surface area contributed by atoms with Crippen molar-refractivity contribution >= 4 is 0 Å². The zero-order chi connectivity index (χ0) is 23.9. The Balaban J connectivity index is 1.18. The maximum absolute atomic E-state index is 6.69. The number of fused-ring (bicyclic) bond motifs is 5. The van der Waals surface area contributed by atoms with E-state index in [-0.39, 0.29) is 12.6 Å². The molecule has 2 saturated heterocycles. The van der Waals surface area contributed by atoms with E-state index in [4.69, 9.17) is 18.9 Å². The highest BCUT2D eigenvalue weighted by Gasteiger charge is 2.60. The fourth-order valence-corrected chi connectivity index (χ4v) is 9.39. The topological polar surface area (TPSA) is 36.9 Å². The molecule has 2 heterocycles. The molecule has 0 N–H and O–H groups in total. The predicted octanol–water partition coefficient (Wildman–Crippen LogP) is 7.33. The second-order valence-corrected chi connectivity index (χ2v) is 12.8. The molecule has 2 aliphatic heterocycles. The van der Waals surface area contributed by atoms with Gasteiger partial charge in [0.2, 0.25) is 0 Å². The van der Waals surface area contributed by atoms with Crippen molar-refractivity contribution in [3.63, 3.8) is 0 Å². The van der Waals surface area contributed by atoms with Gasteiger partial charge in [0.25, 0.3) is 0 Å². The lowest BCUT2D eigenvalue weighted by molar-refractivity contribution is -0.216. The quantitative estimate of drug-likeness (QED) is 0.370. The van der Waals surface area contributed by atoms with Crippen LogP contribution in [0, 0.1) is 28.6 Å². The fraction of sp³-hybridized carbons (Fsp3) is 0.871. The van der Waals surface area contributed by atoms with E-state index in [2.05, 4.69) is 25.7 Å². The summed E-state index contributed by atoms with van der Waals surface area (Å²) < 4.78 is 25.1. The van der Waals surface area contributed by atoms with Crippen molar-refractivity contribution in [2.45, 2.75) is 128 Å². The first-order valence-electron chi connectivity index (χ1n) is 15.0. The van der Waals surface area contributed by atoms with Gasteiger partial charge in [-0.15, -0.1) is 6.58 Å². The molecule has 4 aliphatic carbocycles. The van der Waals surface area contributed by atoms with Crippen LogP contribution in [0.4, 0.5) is 0 Å². The molecule has 0 aromatic rings.